The van der Waals surface area contributed by atoms with Crippen molar-refractivity contribution in [3.8, 4) is 0 Å². The molecule has 4 N–H and O–H groups in total. The number of carbonyl (C=O) groups excluding carboxylic acids is 2. The third-order valence-electron chi connectivity index (χ3n) is 3.73. The first-order valence-corrected chi connectivity index (χ1v) is 8.77. The maximum atomic E-state index is 12.2. The summed E-state index contributed by atoms with van der Waals surface area (Å²) in [4.78, 5) is 24.8. The van der Waals surface area contributed by atoms with E-state index in [4.69, 9.17) is 0 Å². The van der Waals surface area contributed by atoms with Crippen molar-refractivity contribution >= 4 is 34.0 Å². The number of carbonyl (C=O) groups is 2. The van der Waals surface area contributed by atoms with Crippen LogP contribution in [0.25, 0.3) is 0 Å². The lowest BCUT2D eigenvalue weighted by atomic mass is 10.1. The fraction of sp³-hybridized carbons (Fsp3) is 0.294. The molecule has 1 aliphatic heterocycles. The van der Waals surface area contributed by atoms with Crippen molar-refractivity contribution in [3.05, 3.63) is 47.3 Å². The van der Waals surface area contributed by atoms with Crippen LogP contribution < -0.4 is 21.3 Å². The second kappa shape index (κ2) is 7.94. The first-order valence-electron chi connectivity index (χ1n) is 7.95. The fourth-order valence-corrected chi connectivity index (χ4v) is 3.36. The maximum absolute atomic E-state index is 12.2. The molecule has 2 aromatic rings. The molecule has 1 fully saturated rings. The largest absolute Gasteiger partial charge is 0.347 e. The highest BCUT2D eigenvalue weighted by Crippen LogP contribution is 2.22. The molecule has 6 nitrogen and oxygen atoms in total. The lowest BCUT2D eigenvalue weighted by Crippen LogP contribution is -2.45. The number of hydrogen-bond acceptors (Lipinski definition) is 4. The topological polar surface area (TPSA) is 82.3 Å². The molecule has 1 saturated heterocycles. The Bertz CT molecular complexity index is 696. The second-order valence-electron chi connectivity index (χ2n) is 5.63. The molecular formula is C17H20N4O2S. The summed E-state index contributed by atoms with van der Waals surface area (Å²) in [5, 5.41) is 12.4. The third-order valence-corrected chi connectivity index (χ3v) is 4.73. The number of anilines is 2. The predicted octanol–water partition coefficient (Wildman–Crippen LogP) is 2.87. The summed E-state index contributed by atoms with van der Waals surface area (Å²) in [5.41, 5.74) is 0.717. The van der Waals surface area contributed by atoms with Crippen LogP contribution in [0, 0.1) is 0 Å². The number of benzene rings is 1. The minimum absolute atomic E-state index is 0.0924. The molecule has 3 rings (SSSR count). The van der Waals surface area contributed by atoms with E-state index >= 15 is 0 Å². The zero-order valence-corrected chi connectivity index (χ0v) is 14.0. The van der Waals surface area contributed by atoms with Gasteiger partial charge in [0, 0.05) is 18.3 Å². The van der Waals surface area contributed by atoms with Gasteiger partial charge in [0.15, 0.2) is 0 Å². The van der Waals surface area contributed by atoms with E-state index in [0.29, 0.717) is 15.6 Å². The van der Waals surface area contributed by atoms with Gasteiger partial charge in [-0.15, -0.1) is 11.3 Å². The van der Waals surface area contributed by atoms with Crippen LogP contribution in [-0.4, -0.2) is 31.1 Å². The van der Waals surface area contributed by atoms with Crippen molar-refractivity contribution in [1.82, 2.24) is 10.6 Å². The molecule has 7 heteroatoms. The van der Waals surface area contributed by atoms with Crippen LogP contribution in [-0.2, 0) is 0 Å². The Hall–Kier alpha value is -2.38. The van der Waals surface area contributed by atoms with Crippen molar-refractivity contribution < 1.29 is 9.59 Å². The summed E-state index contributed by atoms with van der Waals surface area (Å²) in [6, 6.07) is 12.5. The molecule has 0 spiro atoms. The third kappa shape index (κ3) is 4.56. The SMILES string of the molecule is O=C(Nc1ccccc1)Nc1ccc(C(=O)N[C@H]2CCCNC2)s1. The summed E-state index contributed by atoms with van der Waals surface area (Å²) in [6.07, 6.45) is 2.07. The van der Waals surface area contributed by atoms with E-state index in [1.165, 1.54) is 11.3 Å². The van der Waals surface area contributed by atoms with E-state index in [-0.39, 0.29) is 18.0 Å². The van der Waals surface area contributed by atoms with Crippen LogP contribution in [0.3, 0.4) is 0 Å². The first-order chi connectivity index (χ1) is 11.7. The molecule has 0 radical (unpaired) electrons. The van der Waals surface area contributed by atoms with Crippen LogP contribution in [0.4, 0.5) is 15.5 Å². The molecule has 1 aromatic heterocycles. The van der Waals surface area contributed by atoms with Crippen molar-refractivity contribution in [2.45, 2.75) is 18.9 Å². The monoisotopic (exact) mass is 344 g/mol. The summed E-state index contributed by atoms with van der Waals surface area (Å²) in [7, 11) is 0. The van der Waals surface area contributed by atoms with Gasteiger partial charge >= 0.3 is 6.03 Å². The number of rotatable bonds is 4. The molecule has 0 aliphatic carbocycles. The summed E-state index contributed by atoms with van der Waals surface area (Å²) in [5.74, 6) is -0.0924. The normalized spacial score (nSPS) is 17.1. The average molecular weight is 344 g/mol. The van der Waals surface area contributed by atoms with Crippen LogP contribution in [0.2, 0.25) is 0 Å². The van der Waals surface area contributed by atoms with Gasteiger partial charge in [-0.2, -0.15) is 0 Å². The number of hydrogen-bond donors (Lipinski definition) is 4. The lowest BCUT2D eigenvalue weighted by molar-refractivity contribution is 0.0935. The molecule has 3 amide bonds. The van der Waals surface area contributed by atoms with Crippen LogP contribution in [0.15, 0.2) is 42.5 Å². The highest BCUT2D eigenvalue weighted by atomic mass is 32.1. The number of amides is 3. The van der Waals surface area contributed by atoms with Crippen molar-refractivity contribution in [2.24, 2.45) is 0 Å². The van der Waals surface area contributed by atoms with E-state index < -0.39 is 0 Å². The second-order valence-corrected chi connectivity index (χ2v) is 6.71. The Morgan fingerprint density at radius 1 is 1.08 bits per heavy atom. The number of para-hydroxylation sites is 1. The molecule has 0 bridgehead atoms. The molecule has 0 unspecified atom stereocenters. The quantitative estimate of drug-likeness (QED) is 0.688. The zero-order valence-electron chi connectivity index (χ0n) is 13.2. The molecule has 1 aromatic carbocycles. The fourth-order valence-electron chi connectivity index (χ4n) is 2.55. The number of thiophene rings is 1. The van der Waals surface area contributed by atoms with Gasteiger partial charge in [-0.25, -0.2) is 4.79 Å². The van der Waals surface area contributed by atoms with Gasteiger partial charge in [0.2, 0.25) is 0 Å². The standard InChI is InChI=1S/C17H20N4O2S/c22-16(19-13-7-4-10-18-11-13)14-8-9-15(24-14)21-17(23)20-12-5-2-1-3-6-12/h1-3,5-6,8-9,13,18H,4,7,10-11H2,(H,19,22)(H2,20,21,23)/t13-/m0/s1. The van der Waals surface area contributed by atoms with Crippen molar-refractivity contribution in [1.29, 1.82) is 0 Å². The van der Waals surface area contributed by atoms with Crippen LogP contribution in [0.5, 0.6) is 0 Å². The van der Waals surface area contributed by atoms with Gasteiger partial charge in [-0.3, -0.25) is 10.1 Å². The molecule has 1 atom stereocenters. The minimum Gasteiger partial charge on any atom is -0.347 e. The summed E-state index contributed by atoms with van der Waals surface area (Å²) < 4.78 is 0. The Morgan fingerprint density at radius 2 is 1.92 bits per heavy atom. The van der Waals surface area contributed by atoms with E-state index in [1.807, 2.05) is 30.3 Å². The molecule has 1 aliphatic rings. The highest BCUT2D eigenvalue weighted by Gasteiger charge is 2.17. The van der Waals surface area contributed by atoms with E-state index in [9.17, 15) is 9.59 Å². The average Bonchev–Trinajstić information content (AvgIpc) is 3.05. The Kier molecular flexibility index (Phi) is 5.45. The molecular weight excluding hydrogens is 324 g/mol. The number of nitrogens with one attached hydrogen (secondary N) is 4. The van der Waals surface area contributed by atoms with Gasteiger partial charge in [-0.05, 0) is 43.7 Å². The van der Waals surface area contributed by atoms with Gasteiger partial charge < -0.3 is 16.0 Å². The van der Waals surface area contributed by atoms with Gasteiger partial charge in [-0.1, -0.05) is 18.2 Å². The summed E-state index contributed by atoms with van der Waals surface area (Å²) >= 11 is 1.26. The molecule has 126 valence electrons. The number of piperidine rings is 1. The lowest BCUT2D eigenvalue weighted by Gasteiger charge is -2.23. The van der Waals surface area contributed by atoms with Crippen LogP contribution >= 0.6 is 11.3 Å². The smallest absolute Gasteiger partial charge is 0.324 e. The molecule has 2 heterocycles. The Morgan fingerprint density at radius 3 is 2.67 bits per heavy atom. The highest BCUT2D eigenvalue weighted by molar-refractivity contribution is 7.18. The molecule has 24 heavy (non-hydrogen) atoms. The predicted molar refractivity (Wildman–Crippen MR) is 96.8 cm³/mol. The van der Waals surface area contributed by atoms with E-state index in [0.717, 1.165) is 25.9 Å². The maximum Gasteiger partial charge on any atom is 0.324 e. The molecule has 0 saturated carbocycles. The number of urea groups is 1. The van der Waals surface area contributed by atoms with Crippen molar-refractivity contribution in [2.75, 3.05) is 23.7 Å². The zero-order chi connectivity index (χ0) is 16.8. The first kappa shape index (κ1) is 16.5. The van der Waals surface area contributed by atoms with Gasteiger partial charge in [0.25, 0.3) is 5.91 Å². The van der Waals surface area contributed by atoms with E-state index in [1.54, 1.807) is 12.1 Å². The van der Waals surface area contributed by atoms with E-state index in [2.05, 4.69) is 21.3 Å². The van der Waals surface area contributed by atoms with Gasteiger partial charge in [0.05, 0.1) is 9.88 Å². The van der Waals surface area contributed by atoms with Crippen LogP contribution in [0.1, 0.15) is 22.5 Å². The Balaban J connectivity index is 1.52. The van der Waals surface area contributed by atoms with Gasteiger partial charge in [0.1, 0.15) is 0 Å². The summed E-state index contributed by atoms with van der Waals surface area (Å²) in [6.45, 7) is 1.82. The van der Waals surface area contributed by atoms with Crippen molar-refractivity contribution in [3.63, 3.8) is 0 Å². The minimum atomic E-state index is -0.327. The Labute approximate surface area is 144 Å².